The average molecular weight is 287 g/mol. The van der Waals surface area contributed by atoms with Gasteiger partial charge in [-0.3, -0.25) is 0 Å². The van der Waals surface area contributed by atoms with Crippen LogP contribution in [-0.2, 0) is 12.8 Å². The molecule has 0 aliphatic heterocycles. The topological polar surface area (TPSA) is 35.0 Å². The van der Waals surface area contributed by atoms with Crippen LogP contribution < -0.4 is 4.74 Å². The molecule has 4 rings (SSSR count). The number of benzene rings is 1. The zero-order valence-electron chi connectivity index (χ0n) is 11.1. The Morgan fingerprint density at radius 3 is 2.85 bits per heavy atom. The van der Waals surface area contributed by atoms with E-state index in [1.807, 2.05) is 24.3 Å². The van der Waals surface area contributed by atoms with Gasteiger partial charge in [-0.15, -0.1) is 0 Å². The van der Waals surface area contributed by atoms with E-state index >= 15 is 0 Å². The molecule has 102 valence electrons. The third kappa shape index (κ3) is 2.27. The van der Waals surface area contributed by atoms with Crippen molar-refractivity contribution in [2.45, 2.75) is 38.0 Å². The van der Waals surface area contributed by atoms with Crippen molar-refractivity contribution in [1.82, 2.24) is 9.97 Å². The molecule has 0 spiro atoms. The molecule has 0 bridgehead atoms. The number of fused-ring (bicyclic) bond motifs is 1. The van der Waals surface area contributed by atoms with Crippen LogP contribution in [0.5, 0.6) is 11.6 Å². The number of hydrogen-bond acceptors (Lipinski definition) is 3. The first-order chi connectivity index (χ1) is 9.79. The second-order valence-electron chi connectivity index (χ2n) is 5.50. The highest BCUT2D eigenvalue weighted by molar-refractivity contribution is 6.30. The number of rotatable bonds is 3. The van der Waals surface area contributed by atoms with Gasteiger partial charge in [0.15, 0.2) is 0 Å². The van der Waals surface area contributed by atoms with Crippen LogP contribution in [0, 0.1) is 0 Å². The molecule has 1 aromatic carbocycles. The van der Waals surface area contributed by atoms with Gasteiger partial charge in [0, 0.05) is 16.5 Å². The van der Waals surface area contributed by atoms with Gasteiger partial charge in [-0.05, 0) is 50.3 Å². The zero-order valence-corrected chi connectivity index (χ0v) is 11.9. The number of aryl methyl sites for hydroxylation is 1. The first-order valence-electron chi connectivity index (χ1n) is 7.13. The third-order valence-corrected chi connectivity index (χ3v) is 4.10. The van der Waals surface area contributed by atoms with E-state index in [0.29, 0.717) is 10.9 Å². The Balaban J connectivity index is 1.73. The Hall–Kier alpha value is -1.61. The second-order valence-corrected chi connectivity index (χ2v) is 5.94. The van der Waals surface area contributed by atoms with Crippen LogP contribution >= 0.6 is 11.6 Å². The minimum Gasteiger partial charge on any atom is -0.439 e. The highest BCUT2D eigenvalue weighted by Crippen LogP contribution is 2.41. The summed E-state index contributed by atoms with van der Waals surface area (Å²) >= 11 is 6.01. The zero-order chi connectivity index (χ0) is 13.5. The van der Waals surface area contributed by atoms with Gasteiger partial charge in [0.1, 0.15) is 11.6 Å². The minimum absolute atomic E-state index is 0.544. The Bertz CT molecular complexity index is 668. The quantitative estimate of drug-likeness (QED) is 0.844. The molecule has 0 unspecified atom stereocenters. The minimum atomic E-state index is 0.544. The third-order valence-electron chi connectivity index (χ3n) is 3.87. The molecular weight excluding hydrogens is 272 g/mol. The van der Waals surface area contributed by atoms with Gasteiger partial charge in [-0.2, -0.15) is 4.98 Å². The van der Waals surface area contributed by atoms with E-state index in [2.05, 4.69) is 4.98 Å². The Morgan fingerprint density at radius 1 is 1.15 bits per heavy atom. The monoisotopic (exact) mass is 286 g/mol. The van der Waals surface area contributed by atoms with Gasteiger partial charge >= 0.3 is 0 Å². The van der Waals surface area contributed by atoms with Crippen LogP contribution in [-0.4, -0.2) is 9.97 Å². The Labute approximate surface area is 123 Å². The molecule has 1 fully saturated rings. The molecule has 1 saturated carbocycles. The van der Waals surface area contributed by atoms with Crippen molar-refractivity contribution in [3.8, 4) is 11.6 Å². The molecule has 1 aromatic heterocycles. The highest BCUT2D eigenvalue weighted by atomic mass is 35.5. The lowest BCUT2D eigenvalue weighted by Crippen LogP contribution is -2.02. The van der Waals surface area contributed by atoms with Gasteiger partial charge < -0.3 is 4.74 Å². The molecule has 0 amide bonds. The van der Waals surface area contributed by atoms with E-state index in [1.165, 1.54) is 24.1 Å². The predicted octanol–water partition coefficient (Wildman–Crippen LogP) is 4.29. The molecule has 0 N–H and O–H groups in total. The van der Waals surface area contributed by atoms with E-state index in [9.17, 15) is 0 Å². The van der Waals surface area contributed by atoms with Gasteiger partial charge in [-0.1, -0.05) is 17.7 Å². The number of halogens is 1. The summed E-state index contributed by atoms with van der Waals surface area (Å²) in [6.07, 6.45) is 5.61. The molecule has 1 heterocycles. The van der Waals surface area contributed by atoms with Crippen molar-refractivity contribution in [2.75, 3.05) is 0 Å². The first-order valence-corrected chi connectivity index (χ1v) is 7.50. The lowest BCUT2D eigenvalue weighted by Gasteiger charge is -2.11. The maximum Gasteiger partial charge on any atom is 0.226 e. The van der Waals surface area contributed by atoms with Gasteiger partial charge in [0.25, 0.3) is 0 Å². The van der Waals surface area contributed by atoms with Crippen molar-refractivity contribution >= 4 is 11.6 Å². The van der Waals surface area contributed by atoms with E-state index in [4.69, 9.17) is 21.3 Å². The van der Waals surface area contributed by atoms with Gasteiger partial charge in [0.2, 0.25) is 5.88 Å². The smallest absolute Gasteiger partial charge is 0.226 e. The average Bonchev–Trinajstić information content (AvgIpc) is 3.17. The summed E-state index contributed by atoms with van der Waals surface area (Å²) in [6.45, 7) is 0. The van der Waals surface area contributed by atoms with Crippen LogP contribution in [0.25, 0.3) is 0 Å². The number of aromatic nitrogens is 2. The van der Waals surface area contributed by atoms with Crippen molar-refractivity contribution in [3.05, 3.63) is 46.4 Å². The van der Waals surface area contributed by atoms with E-state index in [-0.39, 0.29) is 0 Å². The SMILES string of the molecule is Clc1cccc(Oc2nc(C3CC3)nc3c2CCC3)c1. The van der Waals surface area contributed by atoms with Crippen molar-refractivity contribution in [3.63, 3.8) is 0 Å². The molecule has 20 heavy (non-hydrogen) atoms. The predicted molar refractivity (Wildman–Crippen MR) is 77.6 cm³/mol. The second kappa shape index (κ2) is 4.74. The Kier molecular flexibility index (Phi) is 2.88. The molecular formula is C16H15ClN2O. The summed E-state index contributed by atoms with van der Waals surface area (Å²) < 4.78 is 5.99. The fourth-order valence-corrected chi connectivity index (χ4v) is 2.85. The summed E-state index contributed by atoms with van der Waals surface area (Å²) in [5.41, 5.74) is 2.35. The molecule has 0 atom stereocenters. The number of hydrogen-bond donors (Lipinski definition) is 0. The fourth-order valence-electron chi connectivity index (χ4n) is 2.67. The standard InChI is InChI=1S/C16H15ClN2O/c17-11-3-1-4-12(9-11)20-16-13-5-2-6-14(13)18-15(19-16)10-7-8-10/h1,3-4,9-10H,2,5-8H2. The number of nitrogens with zero attached hydrogens (tertiary/aromatic N) is 2. The van der Waals surface area contributed by atoms with Crippen LogP contribution in [0.15, 0.2) is 24.3 Å². The van der Waals surface area contributed by atoms with E-state index in [0.717, 1.165) is 36.7 Å². The molecule has 4 heteroatoms. The first kappa shape index (κ1) is 12.2. The maximum atomic E-state index is 6.01. The van der Waals surface area contributed by atoms with Crippen molar-refractivity contribution in [2.24, 2.45) is 0 Å². The lowest BCUT2D eigenvalue weighted by molar-refractivity contribution is 0.452. The van der Waals surface area contributed by atoms with E-state index in [1.54, 1.807) is 0 Å². The number of ether oxygens (including phenoxy) is 1. The maximum absolute atomic E-state index is 6.01. The largest absolute Gasteiger partial charge is 0.439 e. The summed E-state index contributed by atoms with van der Waals surface area (Å²) in [4.78, 5) is 9.37. The van der Waals surface area contributed by atoms with Crippen LogP contribution in [0.2, 0.25) is 5.02 Å². The normalized spacial score (nSPS) is 17.1. The molecule has 2 aliphatic rings. The summed E-state index contributed by atoms with van der Waals surface area (Å²) in [6, 6.07) is 7.46. The summed E-state index contributed by atoms with van der Waals surface area (Å²) in [5.74, 6) is 2.98. The highest BCUT2D eigenvalue weighted by Gasteiger charge is 2.30. The summed E-state index contributed by atoms with van der Waals surface area (Å²) in [5, 5.41) is 0.676. The fraction of sp³-hybridized carbons (Fsp3) is 0.375. The van der Waals surface area contributed by atoms with E-state index < -0.39 is 0 Å². The Morgan fingerprint density at radius 2 is 2.05 bits per heavy atom. The van der Waals surface area contributed by atoms with Crippen molar-refractivity contribution < 1.29 is 4.74 Å². The van der Waals surface area contributed by atoms with Gasteiger partial charge in [-0.25, -0.2) is 4.98 Å². The molecule has 2 aliphatic carbocycles. The van der Waals surface area contributed by atoms with Crippen LogP contribution in [0.4, 0.5) is 0 Å². The summed E-state index contributed by atoms with van der Waals surface area (Å²) in [7, 11) is 0. The van der Waals surface area contributed by atoms with Crippen LogP contribution in [0.3, 0.4) is 0 Å². The molecule has 2 aromatic rings. The molecule has 0 radical (unpaired) electrons. The van der Waals surface area contributed by atoms with Crippen molar-refractivity contribution in [1.29, 1.82) is 0 Å². The lowest BCUT2D eigenvalue weighted by atomic mass is 10.2. The van der Waals surface area contributed by atoms with Gasteiger partial charge in [0.05, 0.1) is 5.69 Å². The molecule has 3 nitrogen and oxygen atoms in total. The molecule has 0 saturated heterocycles. The van der Waals surface area contributed by atoms with Crippen LogP contribution in [0.1, 0.15) is 42.3 Å².